The third-order valence-corrected chi connectivity index (χ3v) is 4.81. The third-order valence-electron chi connectivity index (χ3n) is 4.81. The molecule has 0 radical (unpaired) electrons. The van der Waals surface area contributed by atoms with E-state index in [0.29, 0.717) is 12.5 Å². The summed E-state index contributed by atoms with van der Waals surface area (Å²) in [6.45, 7) is 1.29. The number of halogens is 1. The number of amides is 1. The first-order valence-electron chi connectivity index (χ1n) is 8.48. The Bertz CT molecular complexity index is 510. The molecular weight excluding hydrogens is 279 g/mol. The van der Waals surface area contributed by atoms with Crippen LogP contribution >= 0.6 is 0 Å². The number of rotatable bonds is 7. The van der Waals surface area contributed by atoms with Crippen LogP contribution in [0.25, 0.3) is 0 Å². The van der Waals surface area contributed by atoms with E-state index in [-0.39, 0.29) is 17.8 Å². The van der Waals surface area contributed by atoms with E-state index in [1.54, 1.807) is 12.1 Å². The first-order chi connectivity index (χ1) is 10.7. The van der Waals surface area contributed by atoms with Gasteiger partial charge in [-0.15, -0.1) is 0 Å². The second-order valence-electron chi connectivity index (χ2n) is 6.72. The lowest BCUT2D eigenvalue weighted by Crippen LogP contribution is -2.39. The van der Waals surface area contributed by atoms with Crippen molar-refractivity contribution in [2.75, 3.05) is 13.1 Å². The Morgan fingerprint density at radius 2 is 2.00 bits per heavy atom. The molecule has 0 saturated heterocycles. The predicted molar refractivity (Wildman–Crippen MR) is 84.8 cm³/mol. The average Bonchev–Trinajstić information content (AvgIpc) is 3.16. The van der Waals surface area contributed by atoms with Gasteiger partial charge in [0.2, 0.25) is 5.91 Å². The van der Waals surface area contributed by atoms with Gasteiger partial charge in [0.15, 0.2) is 0 Å². The van der Waals surface area contributed by atoms with Crippen LogP contribution in [0.5, 0.6) is 0 Å². The monoisotopic (exact) mass is 304 g/mol. The van der Waals surface area contributed by atoms with Crippen molar-refractivity contribution in [3.8, 4) is 0 Å². The fraction of sp³-hybridized carbons (Fsp3) is 0.611. The van der Waals surface area contributed by atoms with Crippen LogP contribution in [0.4, 0.5) is 4.39 Å². The second-order valence-corrected chi connectivity index (χ2v) is 6.72. The molecule has 1 amide bonds. The Morgan fingerprint density at radius 3 is 2.68 bits per heavy atom. The fourth-order valence-electron chi connectivity index (χ4n) is 3.40. The highest BCUT2D eigenvalue weighted by Gasteiger charge is 2.28. The zero-order valence-corrected chi connectivity index (χ0v) is 13.0. The molecule has 22 heavy (non-hydrogen) atoms. The average molecular weight is 304 g/mol. The molecule has 0 aliphatic heterocycles. The summed E-state index contributed by atoms with van der Waals surface area (Å²) in [6, 6.07) is 6.59. The van der Waals surface area contributed by atoms with Crippen molar-refractivity contribution in [1.29, 1.82) is 0 Å². The standard InChI is InChI=1S/C18H25FN2O/c19-16-7-3-6-15(10-16)18(14-4-1-2-5-14)21-17(22)12-20-11-13-8-9-13/h3,6-7,10,13-14,18,20H,1-2,4-5,8-9,11-12H2,(H,21,22). The summed E-state index contributed by atoms with van der Waals surface area (Å²) in [5, 5.41) is 6.35. The van der Waals surface area contributed by atoms with Crippen molar-refractivity contribution in [2.45, 2.75) is 44.6 Å². The molecule has 2 aliphatic rings. The van der Waals surface area contributed by atoms with E-state index >= 15 is 0 Å². The van der Waals surface area contributed by atoms with Gasteiger partial charge in [0.25, 0.3) is 0 Å². The minimum Gasteiger partial charge on any atom is -0.348 e. The van der Waals surface area contributed by atoms with Gasteiger partial charge in [0, 0.05) is 0 Å². The summed E-state index contributed by atoms with van der Waals surface area (Å²) in [5.41, 5.74) is 0.891. The molecule has 2 N–H and O–H groups in total. The Labute approximate surface area is 131 Å². The molecule has 2 saturated carbocycles. The number of nitrogens with one attached hydrogen (secondary N) is 2. The van der Waals surface area contributed by atoms with Gasteiger partial charge in [-0.25, -0.2) is 4.39 Å². The Morgan fingerprint density at radius 1 is 1.23 bits per heavy atom. The lowest BCUT2D eigenvalue weighted by molar-refractivity contribution is -0.121. The van der Waals surface area contributed by atoms with Gasteiger partial charge in [-0.2, -0.15) is 0 Å². The zero-order chi connectivity index (χ0) is 15.4. The number of carbonyl (C=O) groups is 1. The summed E-state index contributed by atoms with van der Waals surface area (Å²) in [7, 11) is 0. The Balaban J connectivity index is 1.61. The highest BCUT2D eigenvalue weighted by Crippen LogP contribution is 2.35. The van der Waals surface area contributed by atoms with Crippen molar-refractivity contribution in [2.24, 2.45) is 11.8 Å². The van der Waals surface area contributed by atoms with Gasteiger partial charge in [-0.1, -0.05) is 25.0 Å². The van der Waals surface area contributed by atoms with E-state index < -0.39 is 0 Å². The van der Waals surface area contributed by atoms with E-state index in [0.717, 1.165) is 30.9 Å². The summed E-state index contributed by atoms with van der Waals surface area (Å²) < 4.78 is 13.5. The number of benzene rings is 1. The van der Waals surface area contributed by atoms with Gasteiger partial charge in [0.05, 0.1) is 12.6 Å². The van der Waals surface area contributed by atoms with E-state index in [2.05, 4.69) is 10.6 Å². The highest BCUT2D eigenvalue weighted by atomic mass is 19.1. The van der Waals surface area contributed by atoms with Crippen LogP contribution in [0.2, 0.25) is 0 Å². The highest BCUT2D eigenvalue weighted by molar-refractivity contribution is 5.78. The molecule has 3 nitrogen and oxygen atoms in total. The van der Waals surface area contributed by atoms with Crippen molar-refractivity contribution in [3.05, 3.63) is 35.6 Å². The summed E-state index contributed by atoms with van der Waals surface area (Å²) in [6.07, 6.45) is 7.18. The van der Waals surface area contributed by atoms with E-state index in [4.69, 9.17) is 0 Å². The molecule has 0 heterocycles. The van der Waals surface area contributed by atoms with Crippen LogP contribution in [-0.4, -0.2) is 19.0 Å². The smallest absolute Gasteiger partial charge is 0.234 e. The van der Waals surface area contributed by atoms with Crippen LogP contribution < -0.4 is 10.6 Å². The topological polar surface area (TPSA) is 41.1 Å². The van der Waals surface area contributed by atoms with Gasteiger partial charge in [-0.05, 0) is 61.8 Å². The van der Waals surface area contributed by atoms with Crippen LogP contribution in [-0.2, 0) is 4.79 Å². The van der Waals surface area contributed by atoms with Gasteiger partial charge in [0.1, 0.15) is 5.82 Å². The molecule has 1 unspecified atom stereocenters. The SMILES string of the molecule is O=C(CNCC1CC1)NC(c1cccc(F)c1)C1CCCC1. The van der Waals surface area contributed by atoms with Crippen LogP contribution in [0.3, 0.4) is 0 Å². The molecule has 1 aromatic rings. The van der Waals surface area contributed by atoms with E-state index in [1.165, 1.54) is 31.7 Å². The Hall–Kier alpha value is -1.42. The Kier molecular flexibility index (Phi) is 5.08. The maximum atomic E-state index is 13.5. The normalized spacial score (nSPS) is 20.0. The van der Waals surface area contributed by atoms with Crippen LogP contribution in [0.15, 0.2) is 24.3 Å². The summed E-state index contributed by atoms with van der Waals surface area (Å²) in [4.78, 5) is 12.2. The van der Waals surface area contributed by atoms with Gasteiger partial charge >= 0.3 is 0 Å². The molecule has 0 spiro atoms. The summed E-state index contributed by atoms with van der Waals surface area (Å²) >= 11 is 0. The largest absolute Gasteiger partial charge is 0.348 e. The first kappa shape index (κ1) is 15.5. The number of carbonyl (C=O) groups excluding carboxylic acids is 1. The maximum Gasteiger partial charge on any atom is 0.234 e. The third kappa shape index (κ3) is 4.29. The minimum atomic E-state index is -0.235. The molecule has 1 aromatic carbocycles. The lowest BCUT2D eigenvalue weighted by atomic mass is 9.91. The molecule has 4 heteroatoms. The lowest BCUT2D eigenvalue weighted by Gasteiger charge is -2.25. The molecule has 0 aromatic heterocycles. The minimum absolute atomic E-state index is 0.0156. The van der Waals surface area contributed by atoms with Crippen molar-refractivity contribution in [3.63, 3.8) is 0 Å². The van der Waals surface area contributed by atoms with Crippen LogP contribution in [0.1, 0.15) is 50.1 Å². The molecule has 120 valence electrons. The van der Waals surface area contributed by atoms with Crippen molar-refractivity contribution in [1.82, 2.24) is 10.6 Å². The molecule has 2 aliphatic carbocycles. The zero-order valence-electron chi connectivity index (χ0n) is 13.0. The number of hydrogen-bond acceptors (Lipinski definition) is 2. The quantitative estimate of drug-likeness (QED) is 0.812. The van der Waals surface area contributed by atoms with Crippen molar-refractivity contribution < 1.29 is 9.18 Å². The maximum absolute atomic E-state index is 13.5. The van der Waals surface area contributed by atoms with Gasteiger partial charge < -0.3 is 10.6 Å². The fourth-order valence-corrected chi connectivity index (χ4v) is 3.40. The summed E-state index contributed by atoms with van der Waals surface area (Å²) in [5.74, 6) is 0.972. The van der Waals surface area contributed by atoms with E-state index in [1.807, 2.05) is 6.07 Å². The molecule has 1 atom stereocenters. The molecular formula is C18H25FN2O. The second kappa shape index (κ2) is 7.23. The first-order valence-corrected chi connectivity index (χ1v) is 8.48. The molecule has 0 bridgehead atoms. The van der Waals surface area contributed by atoms with Crippen molar-refractivity contribution >= 4 is 5.91 Å². The molecule has 3 rings (SSSR count). The molecule has 2 fully saturated rings. The van der Waals surface area contributed by atoms with Gasteiger partial charge in [-0.3, -0.25) is 4.79 Å². The number of hydrogen-bond donors (Lipinski definition) is 2. The van der Waals surface area contributed by atoms with E-state index in [9.17, 15) is 9.18 Å². The predicted octanol–water partition coefficient (Wildman–Crippen LogP) is 3.17. The van der Waals surface area contributed by atoms with Crippen LogP contribution in [0, 0.1) is 17.7 Å².